The Morgan fingerprint density at radius 2 is 1.70 bits per heavy atom. The predicted molar refractivity (Wildman–Crippen MR) is 204 cm³/mol. The topological polar surface area (TPSA) is 124 Å². The first-order chi connectivity index (χ1) is 25.2. The Labute approximate surface area is 327 Å². The molecule has 1 aliphatic carbocycles. The van der Waals surface area contributed by atoms with Crippen LogP contribution in [0, 0.1) is 11.8 Å². The fraction of sp³-hybridized carbons (Fsp3) is 0.500. The van der Waals surface area contributed by atoms with E-state index in [1.807, 2.05) is 36.4 Å². The fourth-order valence-corrected chi connectivity index (χ4v) is 9.14. The van der Waals surface area contributed by atoms with E-state index in [9.17, 15) is 20.1 Å². The summed E-state index contributed by atoms with van der Waals surface area (Å²) in [6.45, 7) is 6.53. The smallest absolute Gasteiger partial charge is 0.248 e. The Morgan fingerprint density at radius 3 is 2.43 bits per heavy atom. The molecule has 3 aliphatic heterocycles. The number of nitrogens with zero attached hydrogens (tertiary/aromatic N) is 1. The van der Waals surface area contributed by atoms with Gasteiger partial charge in [0.25, 0.3) is 0 Å². The second-order valence-corrected chi connectivity index (χ2v) is 15.8. The number of ether oxygens (including phenoxy) is 2. The maximum atomic E-state index is 12.1. The summed E-state index contributed by atoms with van der Waals surface area (Å²) in [6.07, 6.45) is 7.93. The molecule has 4 heterocycles. The molecular formula is C42H53BrClN3O6. The molecule has 4 aliphatic rings. The van der Waals surface area contributed by atoms with E-state index < -0.39 is 11.7 Å². The van der Waals surface area contributed by atoms with Crippen LogP contribution in [0.5, 0.6) is 11.5 Å². The number of benzene rings is 3. The summed E-state index contributed by atoms with van der Waals surface area (Å²) in [5.41, 5.74) is 1.81. The van der Waals surface area contributed by atoms with Gasteiger partial charge in [0.2, 0.25) is 5.56 Å². The van der Waals surface area contributed by atoms with Crippen LogP contribution in [0.3, 0.4) is 0 Å². The standard InChI is InChI=1S/C42H52ClN3O6.BrH/c43-33-10-8-32(9-11-33)42(50,31-4-1-2-5-31)28-52-39-27-46(23-19-30(39)20-24-46)22-3-25-51-34-12-6-29(7-13-34)18-21-44-26-38(48)35-14-16-37(47)41-36(35)15-17-40(49)45-41;/h6-17,30-31,38-39,44,48,50H,1-5,18-28H2,(H-,45,47,49);1H/t30?,38-,39-,42-,46?;/m0./s1. The molecule has 9 nitrogen and oxygen atoms in total. The maximum Gasteiger partial charge on any atom is 0.248 e. The van der Waals surface area contributed by atoms with E-state index >= 15 is 0 Å². The highest BCUT2D eigenvalue weighted by Crippen LogP contribution is 2.43. The zero-order chi connectivity index (χ0) is 36.1. The van der Waals surface area contributed by atoms with E-state index in [1.165, 1.54) is 43.6 Å². The second-order valence-electron chi connectivity index (χ2n) is 15.4. The molecule has 11 heteroatoms. The van der Waals surface area contributed by atoms with Crippen LogP contribution in [0.15, 0.2) is 77.6 Å². The average Bonchev–Trinajstić information content (AvgIpc) is 3.72. The third-order valence-electron chi connectivity index (χ3n) is 12.1. The van der Waals surface area contributed by atoms with Crippen molar-refractivity contribution in [3.05, 3.63) is 105 Å². The van der Waals surface area contributed by atoms with Crippen LogP contribution in [0.4, 0.5) is 0 Å². The summed E-state index contributed by atoms with van der Waals surface area (Å²) in [4.78, 5) is 14.3. The van der Waals surface area contributed by atoms with Gasteiger partial charge in [-0.25, -0.2) is 0 Å². The van der Waals surface area contributed by atoms with Gasteiger partial charge in [-0.05, 0) is 84.8 Å². The Hall–Kier alpha value is -2.96. The first-order valence-corrected chi connectivity index (χ1v) is 19.5. The quantitative estimate of drug-likeness (QED) is 0.0871. The number of hydrogen-bond donors (Lipinski definition) is 5. The minimum atomic E-state index is -0.977. The molecule has 3 atom stereocenters. The van der Waals surface area contributed by atoms with E-state index in [4.69, 9.17) is 21.1 Å². The van der Waals surface area contributed by atoms with Crippen molar-refractivity contribution in [2.45, 2.75) is 69.2 Å². The largest absolute Gasteiger partial charge is 1.00 e. The predicted octanol–water partition coefficient (Wildman–Crippen LogP) is 3.23. The Morgan fingerprint density at radius 1 is 0.962 bits per heavy atom. The van der Waals surface area contributed by atoms with Crippen LogP contribution in [0.1, 0.15) is 67.7 Å². The van der Waals surface area contributed by atoms with Crippen LogP contribution in [0.25, 0.3) is 10.9 Å². The fourth-order valence-electron chi connectivity index (χ4n) is 9.01. The molecule has 5 N–H and O–H groups in total. The van der Waals surface area contributed by atoms with Crippen LogP contribution < -0.4 is 32.6 Å². The van der Waals surface area contributed by atoms with Crippen molar-refractivity contribution in [1.82, 2.24) is 10.3 Å². The highest BCUT2D eigenvalue weighted by atomic mass is 79.9. The number of aromatic nitrogens is 1. The van der Waals surface area contributed by atoms with Gasteiger partial charge in [0.15, 0.2) is 0 Å². The minimum absolute atomic E-state index is 0. The lowest BCUT2D eigenvalue weighted by Gasteiger charge is -2.53. The molecule has 0 spiro atoms. The van der Waals surface area contributed by atoms with Gasteiger partial charge >= 0.3 is 0 Å². The number of fused-ring (bicyclic) bond motifs is 4. The first-order valence-electron chi connectivity index (χ1n) is 19.1. The van der Waals surface area contributed by atoms with Crippen molar-refractivity contribution in [2.24, 2.45) is 11.8 Å². The van der Waals surface area contributed by atoms with Gasteiger partial charge in [0, 0.05) is 48.2 Å². The molecule has 1 saturated carbocycles. The van der Waals surface area contributed by atoms with Crippen molar-refractivity contribution in [2.75, 3.05) is 52.5 Å². The molecule has 3 saturated heterocycles. The molecule has 8 rings (SSSR count). The lowest BCUT2D eigenvalue weighted by atomic mass is 9.80. The van der Waals surface area contributed by atoms with Crippen molar-refractivity contribution in [3.8, 4) is 11.5 Å². The van der Waals surface area contributed by atoms with Crippen molar-refractivity contribution in [1.29, 1.82) is 0 Å². The lowest BCUT2D eigenvalue weighted by Crippen LogP contribution is -3.00. The number of aromatic amines is 1. The normalized spacial score (nSPS) is 23.1. The van der Waals surface area contributed by atoms with Gasteiger partial charge in [-0.1, -0.05) is 54.8 Å². The van der Waals surface area contributed by atoms with E-state index in [0.717, 1.165) is 67.4 Å². The van der Waals surface area contributed by atoms with Gasteiger partial charge in [-0.15, -0.1) is 0 Å². The first kappa shape index (κ1) is 39.7. The molecule has 4 aromatic rings. The Balaban J connectivity index is 0.00000481. The number of hydrogen-bond acceptors (Lipinski definition) is 7. The highest BCUT2D eigenvalue weighted by Gasteiger charge is 2.48. The van der Waals surface area contributed by atoms with Crippen molar-refractivity contribution < 1.29 is 46.3 Å². The molecule has 53 heavy (non-hydrogen) atoms. The number of nitrogens with one attached hydrogen (secondary N) is 2. The number of aliphatic hydroxyl groups excluding tert-OH is 1. The van der Waals surface area contributed by atoms with Crippen LogP contribution in [0.2, 0.25) is 5.02 Å². The van der Waals surface area contributed by atoms with Crippen LogP contribution >= 0.6 is 11.6 Å². The summed E-state index contributed by atoms with van der Waals surface area (Å²) < 4.78 is 14.0. The van der Waals surface area contributed by atoms with Gasteiger partial charge < -0.3 is 56.6 Å². The van der Waals surface area contributed by atoms with Gasteiger partial charge in [0.05, 0.1) is 44.5 Å². The van der Waals surface area contributed by atoms with E-state index in [-0.39, 0.29) is 40.3 Å². The number of phenolic OH excluding ortho intramolecular Hbond substituents is 1. The van der Waals surface area contributed by atoms with E-state index in [2.05, 4.69) is 22.4 Å². The highest BCUT2D eigenvalue weighted by molar-refractivity contribution is 6.30. The number of pyridine rings is 1. The molecule has 0 amide bonds. The number of quaternary nitrogens is 1. The lowest BCUT2D eigenvalue weighted by molar-refractivity contribution is -0.946. The minimum Gasteiger partial charge on any atom is -1.00 e. The van der Waals surface area contributed by atoms with Crippen molar-refractivity contribution >= 4 is 22.5 Å². The number of piperidine rings is 3. The molecule has 0 unspecified atom stereocenters. The molecule has 4 fully saturated rings. The molecule has 1 aromatic heterocycles. The summed E-state index contributed by atoms with van der Waals surface area (Å²) in [7, 11) is 0. The summed E-state index contributed by atoms with van der Waals surface area (Å²) in [5, 5.41) is 37.6. The number of phenols is 1. The number of aliphatic hydroxyl groups is 2. The number of aromatic hydroxyl groups is 1. The third-order valence-corrected chi connectivity index (χ3v) is 12.3. The van der Waals surface area contributed by atoms with Gasteiger partial charge in [0.1, 0.15) is 29.7 Å². The molecule has 286 valence electrons. The van der Waals surface area contributed by atoms with Gasteiger partial charge in [-0.2, -0.15) is 0 Å². The average molecular weight is 811 g/mol. The number of halogens is 2. The molecule has 2 bridgehead atoms. The summed E-state index contributed by atoms with van der Waals surface area (Å²) >= 11 is 6.19. The zero-order valence-corrected chi connectivity index (χ0v) is 32.7. The van der Waals surface area contributed by atoms with E-state index in [0.29, 0.717) is 53.7 Å². The van der Waals surface area contributed by atoms with Crippen LogP contribution in [-0.2, 0) is 16.8 Å². The molecule has 3 aromatic carbocycles. The zero-order valence-electron chi connectivity index (χ0n) is 30.3. The number of H-pyrrole nitrogens is 1. The monoisotopic (exact) mass is 809 g/mol. The summed E-state index contributed by atoms with van der Waals surface area (Å²) in [5.74, 6) is 1.64. The molecule has 0 radical (unpaired) electrons. The van der Waals surface area contributed by atoms with E-state index in [1.54, 1.807) is 12.1 Å². The third kappa shape index (κ3) is 9.30. The number of rotatable bonds is 16. The Kier molecular flexibility index (Phi) is 13.2. The van der Waals surface area contributed by atoms with Crippen molar-refractivity contribution in [3.63, 3.8) is 0 Å². The molecular weight excluding hydrogens is 758 g/mol. The second kappa shape index (κ2) is 17.7. The van der Waals surface area contributed by atoms with Gasteiger partial charge in [-0.3, -0.25) is 4.79 Å². The summed E-state index contributed by atoms with van der Waals surface area (Å²) in [6, 6.07) is 22.2. The van der Waals surface area contributed by atoms with Crippen LogP contribution in [-0.4, -0.2) is 83.4 Å². The maximum absolute atomic E-state index is 12.1. The SMILES string of the molecule is O=c1ccc2c([C@@H](O)CNCCc3ccc(OCCC[N+]45CCC(CC4)[C@@H](OC[C@@](O)(c4ccc(Cl)cc4)C4CCCC4)C5)cc3)ccc(O)c2[nH]1.[Br-]. The Bertz CT molecular complexity index is 1840.